The summed E-state index contributed by atoms with van der Waals surface area (Å²) in [6.45, 7) is 1.26. The molecule has 0 spiro atoms. The molecule has 0 bridgehead atoms. The molecule has 0 radical (unpaired) electrons. The maximum atomic E-state index is 6.01. The number of halogens is 1. The minimum absolute atomic E-state index is 0.251. The molecule has 23 heavy (non-hydrogen) atoms. The molecule has 2 N–H and O–H groups in total. The molecule has 0 amide bonds. The molecule has 1 aliphatic rings. The summed E-state index contributed by atoms with van der Waals surface area (Å²) >= 11 is 11.3. The number of fused-ring (bicyclic) bond motifs is 1. The van der Waals surface area contributed by atoms with E-state index in [0.717, 1.165) is 11.4 Å². The van der Waals surface area contributed by atoms with E-state index in [-0.39, 0.29) is 6.79 Å². The van der Waals surface area contributed by atoms with E-state index in [0.29, 0.717) is 34.8 Å². The number of anilines is 1. The third kappa shape index (κ3) is 4.18. The Morgan fingerprint density at radius 2 is 2.00 bits per heavy atom. The molecule has 2 aromatic carbocycles. The van der Waals surface area contributed by atoms with Crippen LogP contribution in [0.2, 0.25) is 5.02 Å². The Morgan fingerprint density at radius 3 is 2.87 bits per heavy atom. The summed E-state index contributed by atoms with van der Waals surface area (Å²) in [5.41, 5.74) is 0.832. The highest BCUT2D eigenvalue weighted by atomic mass is 35.5. The van der Waals surface area contributed by atoms with Crippen molar-refractivity contribution >= 4 is 34.6 Å². The average Bonchev–Trinajstić information content (AvgIpc) is 3.01. The summed E-state index contributed by atoms with van der Waals surface area (Å²) in [7, 11) is 0. The Labute approximate surface area is 144 Å². The first-order valence-corrected chi connectivity index (χ1v) is 7.83. The number of thiocarbonyl (C=S) groups is 1. The predicted molar refractivity (Wildman–Crippen MR) is 93.7 cm³/mol. The van der Waals surface area contributed by atoms with E-state index < -0.39 is 0 Å². The number of hydrogen-bond donors (Lipinski definition) is 2. The molecule has 2 aromatic rings. The number of para-hydroxylation sites is 1. The summed E-state index contributed by atoms with van der Waals surface area (Å²) < 4.78 is 16.2. The predicted octanol–water partition coefficient (Wildman–Crippen LogP) is 3.43. The minimum atomic E-state index is 0.251. The molecule has 1 aliphatic heterocycles. The maximum absolute atomic E-state index is 6.01. The Kier molecular flexibility index (Phi) is 5.05. The Hall–Kier alpha value is -2.18. The van der Waals surface area contributed by atoms with Crippen LogP contribution in [0.15, 0.2) is 42.5 Å². The lowest BCUT2D eigenvalue weighted by Crippen LogP contribution is -2.31. The van der Waals surface area contributed by atoms with E-state index in [4.69, 9.17) is 38.0 Å². The Balaban J connectivity index is 1.42. The van der Waals surface area contributed by atoms with Crippen molar-refractivity contribution in [3.8, 4) is 17.2 Å². The molecule has 0 saturated heterocycles. The number of hydrogen-bond acceptors (Lipinski definition) is 4. The van der Waals surface area contributed by atoms with Crippen molar-refractivity contribution < 1.29 is 14.2 Å². The van der Waals surface area contributed by atoms with Gasteiger partial charge in [0.2, 0.25) is 6.79 Å². The number of benzene rings is 2. The summed E-state index contributed by atoms with van der Waals surface area (Å²) in [5.74, 6) is 2.10. The second-order valence-corrected chi connectivity index (χ2v) is 5.54. The van der Waals surface area contributed by atoms with Crippen LogP contribution in [0.4, 0.5) is 5.69 Å². The van der Waals surface area contributed by atoms with E-state index in [1.54, 1.807) is 6.07 Å². The van der Waals surface area contributed by atoms with Gasteiger partial charge in [-0.1, -0.05) is 23.7 Å². The SMILES string of the molecule is S=C(NCCOc1ccccc1Cl)Nc1ccc2c(c1)OCO2. The second kappa shape index (κ2) is 7.39. The zero-order valence-corrected chi connectivity index (χ0v) is 13.7. The van der Waals surface area contributed by atoms with Gasteiger partial charge >= 0.3 is 0 Å². The van der Waals surface area contributed by atoms with Gasteiger partial charge in [-0.15, -0.1) is 0 Å². The molecule has 3 rings (SSSR count). The van der Waals surface area contributed by atoms with Crippen LogP contribution in [0.5, 0.6) is 17.2 Å². The highest BCUT2D eigenvalue weighted by molar-refractivity contribution is 7.80. The van der Waals surface area contributed by atoms with E-state index in [1.807, 2.05) is 36.4 Å². The molecule has 0 unspecified atom stereocenters. The smallest absolute Gasteiger partial charge is 0.231 e. The summed E-state index contributed by atoms with van der Waals surface area (Å²) in [6.07, 6.45) is 0. The lowest BCUT2D eigenvalue weighted by atomic mass is 10.3. The summed E-state index contributed by atoms with van der Waals surface area (Å²) in [4.78, 5) is 0. The molecule has 1 heterocycles. The van der Waals surface area contributed by atoms with E-state index in [9.17, 15) is 0 Å². The lowest BCUT2D eigenvalue weighted by molar-refractivity contribution is 0.174. The van der Waals surface area contributed by atoms with Crippen molar-refractivity contribution in [2.75, 3.05) is 25.3 Å². The first kappa shape index (κ1) is 15.7. The quantitative estimate of drug-likeness (QED) is 0.636. The fourth-order valence-corrected chi connectivity index (χ4v) is 2.45. The van der Waals surface area contributed by atoms with Crippen LogP contribution in [0.25, 0.3) is 0 Å². The minimum Gasteiger partial charge on any atom is -0.490 e. The number of rotatable bonds is 5. The van der Waals surface area contributed by atoms with Gasteiger partial charge in [-0.3, -0.25) is 0 Å². The molecular formula is C16H15ClN2O3S. The summed E-state index contributed by atoms with van der Waals surface area (Å²) in [6, 6.07) is 12.9. The Morgan fingerprint density at radius 1 is 1.17 bits per heavy atom. The van der Waals surface area contributed by atoms with E-state index >= 15 is 0 Å². The van der Waals surface area contributed by atoms with E-state index in [2.05, 4.69) is 10.6 Å². The highest BCUT2D eigenvalue weighted by Gasteiger charge is 2.13. The van der Waals surface area contributed by atoms with Gasteiger partial charge in [0.05, 0.1) is 11.6 Å². The van der Waals surface area contributed by atoms with Crippen LogP contribution in [0.1, 0.15) is 0 Å². The molecule has 0 saturated carbocycles. The average molecular weight is 351 g/mol. The molecule has 0 aliphatic carbocycles. The zero-order valence-electron chi connectivity index (χ0n) is 12.2. The van der Waals surface area contributed by atoms with Gasteiger partial charge in [-0.2, -0.15) is 0 Å². The lowest BCUT2D eigenvalue weighted by Gasteiger charge is -2.12. The van der Waals surface area contributed by atoms with Crippen molar-refractivity contribution in [3.05, 3.63) is 47.5 Å². The van der Waals surface area contributed by atoms with Gasteiger partial charge in [0, 0.05) is 11.8 Å². The van der Waals surface area contributed by atoms with Gasteiger partial charge in [0.15, 0.2) is 16.6 Å². The van der Waals surface area contributed by atoms with Crippen molar-refractivity contribution in [3.63, 3.8) is 0 Å². The zero-order chi connectivity index (χ0) is 16.1. The number of ether oxygens (including phenoxy) is 3. The third-order valence-electron chi connectivity index (χ3n) is 3.11. The number of nitrogens with one attached hydrogen (secondary N) is 2. The molecule has 5 nitrogen and oxygen atoms in total. The van der Waals surface area contributed by atoms with Crippen LogP contribution in [0.3, 0.4) is 0 Å². The van der Waals surface area contributed by atoms with Crippen LogP contribution in [-0.2, 0) is 0 Å². The first-order valence-electron chi connectivity index (χ1n) is 7.04. The van der Waals surface area contributed by atoms with Gasteiger partial charge < -0.3 is 24.8 Å². The standard InChI is InChI=1S/C16H15ClN2O3S/c17-12-3-1-2-4-13(12)20-8-7-18-16(23)19-11-5-6-14-15(9-11)22-10-21-14/h1-6,9H,7-8,10H2,(H2,18,19,23). The van der Waals surface area contributed by atoms with Crippen LogP contribution < -0.4 is 24.8 Å². The maximum Gasteiger partial charge on any atom is 0.231 e. The van der Waals surface area contributed by atoms with Gasteiger partial charge in [-0.25, -0.2) is 0 Å². The van der Waals surface area contributed by atoms with Crippen molar-refractivity contribution in [2.45, 2.75) is 0 Å². The van der Waals surface area contributed by atoms with Crippen molar-refractivity contribution in [1.82, 2.24) is 5.32 Å². The molecule has 0 atom stereocenters. The monoisotopic (exact) mass is 350 g/mol. The fourth-order valence-electron chi connectivity index (χ4n) is 2.04. The second-order valence-electron chi connectivity index (χ2n) is 4.73. The third-order valence-corrected chi connectivity index (χ3v) is 3.67. The summed E-state index contributed by atoms with van der Waals surface area (Å²) in [5, 5.41) is 7.25. The molecule has 120 valence electrons. The normalized spacial score (nSPS) is 11.9. The van der Waals surface area contributed by atoms with Gasteiger partial charge in [0.1, 0.15) is 12.4 Å². The first-order chi connectivity index (χ1) is 11.2. The van der Waals surface area contributed by atoms with Gasteiger partial charge in [0.25, 0.3) is 0 Å². The van der Waals surface area contributed by atoms with Gasteiger partial charge in [-0.05, 0) is 36.5 Å². The molecule has 7 heteroatoms. The molecule has 0 aromatic heterocycles. The largest absolute Gasteiger partial charge is 0.490 e. The van der Waals surface area contributed by atoms with Crippen LogP contribution in [-0.4, -0.2) is 25.1 Å². The van der Waals surface area contributed by atoms with Crippen molar-refractivity contribution in [2.24, 2.45) is 0 Å². The fraction of sp³-hybridized carbons (Fsp3) is 0.188. The molecule has 0 fully saturated rings. The van der Waals surface area contributed by atoms with Crippen molar-refractivity contribution in [1.29, 1.82) is 0 Å². The van der Waals surface area contributed by atoms with E-state index in [1.165, 1.54) is 0 Å². The molecular weight excluding hydrogens is 336 g/mol. The topological polar surface area (TPSA) is 51.8 Å². The van der Waals surface area contributed by atoms with Crippen LogP contribution >= 0.6 is 23.8 Å². The Bertz CT molecular complexity index is 711. The van der Waals surface area contributed by atoms with Crippen LogP contribution in [0, 0.1) is 0 Å². The highest BCUT2D eigenvalue weighted by Crippen LogP contribution is 2.34.